The first-order valence-electron chi connectivity index (χ1n) is 12.4. The van der Waals surface area contributed by atoms with Gasteiger partial charge in [0.15, 0.2) is 18.3 Å². The van der Waals surface area contributed by atoms with Crippen LogP contribution < -0.4 is 25.5 Å². The van der Waals surface area contributed by atoms with Gasteiger partial charge in [-0.2, -0.15) is 5.10 Å². The summed E-state index contributed by atoms with van der Waals surface area (Å²) in [5.41, 5.74) is 4.53. The first-order chi connectivity index (χ1) is 19.6. The van der Waals surface area contributed by atoms with Crippen LogP contribution in [0.5, 0.6) is 11.5 Å². The molecule has 1 aliphatic heterocycles. The second kappa shape index (κ2) is 15.9. The second-order valence-electron chi connectivity index (χ2n) is 8.31. The highest BCUT2D eigenvalue weighted by Gasteiger charge is 2.32. The summed E-state index contributed by atoms with van der Waals surface area (Å²) in [6.07, 6.45) is 1.43. The van der Waals surface area contributed by atoms with Crippen molar-refractivity contribution in [3.05, 3.63) is 65.9 Å². The lowest BCUT2D eigenvalue weighted by molar-refractivity contribution is -0.145. The molecular formula is C27H28I2N4O7S. The summed E-state index contributed by atoms with van der Waals surface area (Å²) in [6.45, 7) is 5.05. The van der Waals surface area contributed by atoms with E-state index in [0.717, 1.165) is 7.14 Å². The van der Waals surface area contributed by atoms with E-state index in [9.17, 15) is 14.4 Å². The third kappa shape index (κ3) is 9.26. The lowest BCUT2D eigenvalue weighted by atomic mass is 9.95. The number of amides is 1. The van der Waals surface area contributed by atoms with E-state index in [2.05, 4.69) is 66.3 Å². The van der Waals surface area contributed by atoms with Crippen molar-refractivity contribution in [1.29, 1.82) is 0 Å². The van der Waals surface area contributed by atoms with Crippen molar-refractivity contribution in [3.63, 3.8) is 0 Å². The van der Waals surface area contributed by atoms with Gasteiger partial charge in [0, 0.05) is 20.4 Å². The maximum absolute atomic E-state index is 12.7. The molecular weight excluding hydrogens is 778 g/mol. The summed E-state index contributed by atoms with van der Waals surface area (Å²) in [4.78, 5) is 37.1. The summed E-state index contributed by atoms with van der Waals surface area (Å²) in [6, 6.07) is 10.1. The number of hydrogen-bond acceptors (Lipinski definition) is 9. The highest BCUT2D eigenvalue weighted by molar-refractivity contribution is 14.1. The van der Waals surface area contributed by atoms with Crippen molar-refractivity contribution < 1.29 is 33.3 Å². The standard InChI is InChI=1S/C27H28I2N4O7S/c1-4-37-22(35)14-40-25-16(10-17(28)11-19(25)29)12-30-33-21(34)13-39-20-9-7-6-8-18(20)24-23(26(36)38-5-2)15(3)31-27(41)32-24/h6-12,24H,4-5,13-14H2,1-3H3,(H,33,34)(H2,31,32,41)/t24-/m0/s1. The number of nitrogens with zero attached hydrogens (tertiary/aromatic N) is 1. The van der Waals surface area contributed by atoms with Crippen LogP contribution in [0.1, 0.15) is 37.9 Å². The quantitative estimate of drug-likeness (QED) is 0.0958. The molecule has 0 radical (unpaired) electrons. The molecule has 41 heavy (non-hydrogen) atoms. The second-order valence-corrected chi connectivity index (χ2v) is 11.1. The molecule has 0 aliphatic carbocycles. The molecule has 1 atom stereocenters. The molecule has 0 aromatic heterocycles. The van der Waals surface area contributed by atoms with Crippen LogP contribution in [-0.2, 0) is 23.9 Å². The number of rotatable bonds is 12. The van der Waals surface area contributed by atoms with Crippen LogP contribution in [0.25, 0.3) is 0 Å². The smallest absolute Gasteiger partial charge is 0.344 e. The Labute approximate surface area is 270 Å². The number of thiocarbonyl (C=S) groups is 1. The number of benzene rings is 2. The molecule has 0 spiro atoms. The largest absolute Gasteiger partial charge is 0.483 e. The number of hydrogen-bond donors (Lipinski definition) is 3. The van der Waals surface area contributed by atoms with Crippen LogP contribution in [0.2, 0.25) is 0 Å². The summed E-state index contributed by atoms with van der Waals surface area (Å²) < 4.78 is 23.3. The summed E-state index contributed by atoms with van der Waals surface area (Å²) in [7, 11) is 0. The van der Waals surface area contributed by atoms with Gasteiger partial charge in [-0.1, -0.05) is 18.2 Å². The van der Waals surface area contributed by atoms with Gasteiger partial charge in [0.25, 0.3) is 5.91 Å². The van der Waals surface area contributed by atoms with Gasteiger partial charge in [0.1, 0.15) is 11.5 Å². The Morgan fingerprint density at radius 2 is 1.80 bits per heavy atom. The first-order valence-corrected chi connectivity index (χ1v) is 15.0. The SMILES string of the molecule is CCOC(=O)COc1c(I)cc(I)cc1C=NNC(=O)COc1ccccc1[C@@H]1NC(=S)NC(C)=C1C(=O)OCC. The van der Waals surface area contributed by atoms with Crippen LogP contribution in [0.3, 0.4) is 0 Å². The molecule has 1 amide bonds. The van der Waals surface area contributed by atoms with E-state index in [4.69, 9.17) is 31.2 Å². The van der Waals surface area contributed by atoms with E-state index in [1.54, 1.807) is 51.1 Å². The van der Waals surface area contributed by atoms with Crippen LogP contribution >= 0.6 is 57.4 Å². The summed E-state index contributed by atoms with van der Waals surface area (Å²) in [5, 5.41) is 10.4. The molecule has 0 saturated heterocycles. The molecule has 2 aromatic carbocycles. The Hall–Kier alpha value is -2.99. The number of allylic oxidation sites excluding steroid dienone is 1. The van der Waals surface area contributed by atoms with E-state index in [1.165, 1.54) is 6.21 Å². The van der Waals surface area contributed by atoms with E-state index >= 15 is 0 Å². The number of esters is 2. The van der Waals surface area contributed by atoms with Gasteiger partial charge in [-0.15, -0.1) is 0 Å². The van der Waals surface area contributed by atoms with Crippen molar-refractivity contribution >= 4 is 86.6 Å². The van der Waals surface area contributed by atoms with Crippen LogP contribution in [0.15, 0.2) is 52.8 Å². The fraction of sp³-hybridized carbons (Fsp3) is 0.296. The van der Waals surface area contributed by atoms with Crippen molar-refractivity contribution in [1.82, 2.24) is 16.1 Å². The number of carbonyl (C=O) groups excluding carboxylic acids is 3. The highest BCUT2D eigenvalue weighted by atomic mass is 127. The van der Waals surface area contributed by atoms with Crippen molar-refractivity contribution in [2.45, 2.75) is 26.8 Å². The van der Waals surface area contributed by atoms with Crippen LogP contribution in [-0.4, -0.2) is 55.6 Å². The number of ether oxygens (including phenoxy) is 4. The predicted octanol–water partition coefficient (Wildman–Crippen LogP) is 3.72. The number of nitrogens with one attached hydrogen (secondary N) is 3. The molecule has 1 heterocycles. The minimum absolute atomic E-state index is 0.214. The molecule has 3 rings (SSSR count). The normalized spacial score (nSPS) is 14.7. The summed E-state index contributed by atoms with van der Waals surface area (Å²) in [5.74, 6) is -0.677. The van der Waals surface area contributed by atoms with Crippen molar-refractivity contribution in [2.75, 3.05) is 26.4 Å². The van der Waals surface area contributed by atoms with Gasteiger partial charge in [0.05, 0.1) is 34.6 Å². The fourth-order valence-electron chi connectivity index (χ4n) is 3.77. The number of para-hydroxylation sites is 1. The Bertz CT molecular complexity index is 1380. The van der Waals surface area contributed by atoms with Gasteiger partial charge in [-0.05, 0) is 96.4 Å². The minimum atomic E-state index is -0.642. The Morgan fingerprint density at radius 1 is 1.07 bits per heavy atom. The molecule has 11 nitrogen and oxygen atoms in total. The van der Waals surface area contributed by atoms with Crippen LogP contribution in [0, 0.1) is 7.14 Å². The van der Waals surface area contributed by atoms with Crippen molar-refractivity contribution in [2.24, 2.45) is 5.10 Å². The van der Waals surface area contributed by atoms with E-state index < -0.39 is 23.9 Å². The van der Waals surface area contributed by atoms with Crippen LogP contribution in [0.4, 0.5) is 0 Å². The Balaban J connectivity index is 1.70. The van der Waals surface area contributed by atoms with Gasteiger partial charge < -0.3 is 29.6 Å². The monoisotopic (exact) mass is 806 g/mol. The maximum Gasteiger partial charge on any atom is 0.344 e. The van der Waals surface area contributed by atoms with E-state index in [0.29, 0.717) is 39.0 Å². The molecule has 218 valence electrons. The topological polar surface area (TPSA) is 137 Å². The summed E-state index contributed by atoms with van der Waals surface area (Å²) >= 11 is 9.55. The lowest BCUT2D eigenvalue weighted by Crippen LogP contribution is -2.45. The predicted molar refractivity (Wildman–Crippen MR) is 173 cm³/mol. The molecule has 0 saturated carbocycles. The Morgan fingerprint density at radius 3 is 2.54 bits per heavy atom. The first kappa shape index (κ1) is 32.5. The minimum Gasteiger partial charge on any atom is -0.483 e. The number of halogens is 2. The van der Waals surface area contributed by atoms with Gasteiger partial charge in [0.2, 0.25) is 0 Å². The average Bonchev–Trinajstić information content (AvgIpc) is 2.91. The third-order valence-corrected chi connectivity index (χ3v) is 7.07. The fourth-order valence-corrected chi connectivity index (χ4v) is 6.08. The Kier molecular flexibility index (Phi) is 12.6. The van der Waals surface area contributed by atoms with Gasteiger partial charge in [-0.3, -0.25) is 4.79 Å². The zero-order valence-electron chi connectivity index (χ0n) is 22.4. The number of carbonyl (C=O) groups is 3. The molecule has 0 unspecified atom stereocenters. The molecule has 1 aliphatic rings. The maximum atomic E-state index is 12.7. The number of hydrazone groups is 1. The molecule has 2 aromatic rings. The third-order valence-electron chi connectivity index (χ3n) is 5.42. The van der Waals surface area contributed by atoms with Gasteiger partial charge >= 0.3 is 11.9 Å². The highest BCUT2D eigenvalue weighted by Crippen LogP contribution is 2.33. The zero-order chi connectivity index (χ0) is 29.9. The molecule has 0 fully saturated rings. The molecule has 0 bridgehead atoms. The van der Waals surface area contributed by atoms with E-state index in [1.807, 2.05) is 6.07 Å². The van der Waals surface area contributed by atoms with E-state index in [-0.39, 0.29) is 26.4 Å². The lowest BCUT2D eigenvalue weighted by Gasteiger charge is -2.30. The molecule has 14 heteroatoms. The van der Waals surface area contributed by atoms with Gasteiger partial charge in [-0.25, -0.2) is 15.0 Å². The molecule has 3 N–H and O–H groups in total. The average molecular weight is 806 g/mol. The van der Waals surface area contributed by atoms with Crippen molar-refractivity contribution in [3.8, 4) is 11.5 Å². The zero-order valence-corrected chi connectivity index (χ0v) is 27.5.